The van der Waals surface area contributed by atoms with Gasteiger partial charge in [-0.25, -0.2) is 0 Å². The summed E-state index contributed by atoms with van der Waals surface area (Å²) in [7, 11) is 1.56. The molecule has 1 saturated carbocycles. The van der Waals surface area contributed by atoms with Crippen molar-refractivity contribution in [1.29, 1.82) is 0 Å². The van der Waals surface area contributed by atoms with E-state index in [-0.39, 0.29) is 17.5 Å². The number of nitrogens with zero attached hydrogens (tertiary/aromatic N) is 1. The Morgan fingerprint density at radius 2 is 1.85 bits per heavy atom. The average molecular weight is 458 g/mol. The molecule has 1 amide bonds. The molecule has 10 heteroatoms. The monoisotopic (exact) mass is 458 g/mol. The second-order valence-corrected chi connectivity index (χ2v) is 9.07. The summed E-state index contributed by atoms with van der Waals surface area (Å²) >= 11 is 0. The number of Topliss-reactive ketones (excluding diaryl/α,β-unsaturated/α-hetero) is 2. The van der Waals surface area contributed by atoms with Crippen LogP contribution in [0.3, 0.4) is 0 Å². The first-order chi connectivity index (χ1) is 15.3. The van der Waals surface area contributed by atoms with Crippen molar-refractivity contribution in [2.45, 2.75) is 37.5 Å². The molecule has 0 bridgehead atoms. The van der Waals surface area contributed by atoms with Gasteiger partial charge in [-0.1, -0.05) is 19.1 Å². The van der Waals surface area contributed by atoms with Crippen LogP contribution in [0.4, 0.5) is 0 Å². The zero-order chi connectivity index (χ0) is 24.6. The third kappa shape index (κ3) is 2.74. The number of amides is 1. The molecule has 1 fully saturated rings. The maximum Gasteiger partial charge on any atom is 0.255 e. The number of phenols is 1. The van der Waals surface area contributed by atoms with Gasteiger partial charge in [-0.15, -0.1) is 0 Å². The van der Waals surface area contributed by atoms with E-state index in [1.54, 1.807) is 14.0 Å². The number of likely N-dealkylation sites (N-methyl/N-ethyl adjacent to an activating group) is 1. The molecule has 3 aliphatic carbocycles. The number of carbonyl (C=O) groups is 3. The van der Waals surface area contributed by atoms with Crippen LogP contribution in [0.5, 0.6) is 5.75 Å². The number of phenolic OH excluding ortho intramolecular Hbond substituents is 1. The number of aromatic hydroxyl groups is 1. The molecule has 1 aromatic rings. The van der Waals surface area contributed by atoms with Gasteiger partial charge in [-0.05, 0) is 38.6 Å². The molecule has 7 N–H and O–H groups in total. The number of primary amides is 1. The Morgan fingerprint density at radius 1 is 1.21 bits per heavy atom. The summed E-state index contributed by atoms with van der Waals surface area (Å²) in [6.45, 7) is 3.44. The van der Waals surface area contributed by atoms with Crippen LogP contribution < -0.4 is 5.73 Å². The van der Waals surface area contributed by atoms with Crippen LogP contribution in [0, 0.1) is 11.8 Å². The first-order valence-corrected chi connectivity index (χ1v) is 10.5. The van der Waals surface area contributed by atoms with E-state index in [0.29, 0.717) is 6.54 Å². The van der Waals surface area contributed by atoms with Crippen molar-refractivity contribution in [2.75, 3.05) is 13.6 Å². The van der Waals surface area contributed by atoms with Gasteiger partial charge in [0, 0.05) is 17.4 Å². The van der Waals surface area contributed by atoms with Crippen molar-refractivity contribution in [2.24, 2.45) is 17.6 Å². The number of hydrogen-bond acceptors (Lipinski definition) is 9. The first-order valence-electron chi connectivity index (χ1n) is 10.5. The van der Waals surface area contributed by atoms with Gasteiger partial charge in [0.15, 0.2) is 11.4 Å². The Balaban J connectivity index is 2.04. The number of benzene rings is 1. The van der Waals surface area contributed by atoms with Crippen molar-refractivity contribution >= 4 is 23.2 Å². The molecule has 33 heavy (non-hydrogen) atoms. The normalized spacial score (nSPS) is 33.7. The van der Waals surface area contributed by atoms with Gasteiger partial charge in [0.1, 0.15) is 22.8 Å². The zero-order valence-corrected chi connectivity index (χ0v) is 18.4. The number of hydrogen-bond donors (Lipinski definition) is 6. The summed E-state index contributed by atoms with van der Waals surface area (Å²) < 4.78 is 0. The number of ketones is 2. The van der Waals surface area contributed by atoms with E-state index in [1.807, 2.05) is 0 Å². The van der Waals surface area contributed by atoms with Gasteiger partial charge in [0.2, 0.25) is 5.78 Å². The highest BCUT2D eigenvalue weighted by Gasteiger charge is 2.66. The minimum atomic E-state index is -2.75. The summed E-state index contributed by atoms with van der Waals surface area (Å²) in [5, 5.41) is 55.2. The predicted octanol–water partition coefficient (Wildman–Crippen LogP) is 0.0191. The predicted molar refractivity (Wildman–Crippen MR) is 115 cm³/mol. The maximum absolute atomic E-state index is 13.7. The van der Waals surface area contributed by atoms with Crippen molar-refractivity contribution < 1.29 is 39.9 Å². The summed E-state index contributed by atoms with van der Waals surface area (Å²) in [6, 6.07) is 3.04. The maximum atomic E-state index is 13.7. The molecule has 0 radical (unpaired) electrons. The van der Waals surface area contributed by atoms with Crippen molar-refractivity contribution in [1.82, 2.24) is 4.90 Å². The molecule has 5 unspecified atom stereocenters. The van der Waals surface area contributed by atoms with E-state index >= 15 is 0 Å². The van der Waals surface area contributed by atoms with Gasteiger partial charge in [0.05, 0.1) is 17.2 Å². The second kappa shape index (κ2) is 7.14. The number of carbonyl (C=O) groups excluding carboxylic acids is 3. The van der Waals surface area contributed by atoms with Crippen LogP contribution in [0.2, 0.25) is 0 Å². The van der Waals surface area contributed by atoms with Crippen molar-refractivity contribution in [3.8, 4) is 5.75 Å². The Kier molecular flexibility index (Phi) is 4.97. The van der Waals surface area contributed by atoms with Crippen LogP contribution in [-0.4, -0.2) is 73.1 Å². The lowest BCUT2D eigenvalue weighted by atomic mass is 9.54. The van der Waals surface area contributed by atoms with Crippen molar-refractivity contribution in [3.05, 3.63) is 46.2 Å². The molecule has 3 aliphatic rings. The van der Waals surface area contributed by atoms with E-state index in [0.717, 1.165) is 0 Å². The standard InChI is InChI=1S/C23H26N2O8/c1-4-25(3)16-11-8-10-14(17(27)13-9(22(10,2)32)6-5-7-12(13)26)19(29)23(11,33)20(30)15(18(16)28)21(24)31/h5-7,10-11,16,26-27,30,32-33H,4,8H2,1-3H3,(H2,24,31). The molecule has 5 atom stereocenters. The SMILES string of the molecule is CCN(C)C1C(=O)C(C(N)=O)=C(O)C2(O)C(=O)C3=C(O)c4c(O)cccc4C(C)(O)C3CC12. The minimum absolute atomic E-state index is 0.170. The molecular weight excluding hydrogens is 432 g/mol. The lowest BCUT2D eigenvalue weighted by Crippen LogP contribution is -2.67. The molecule has 10 nitrogen and oxygen atoms in total. The largest absolute Gasteiger partial charge is 0.508 e. The molecule has 0 saturated heterocycles. The minimum Gasteiger partial charge on any atom is -0.508 e. The summed E-state index contributed by atoms with van der Waals surface area (Å²) in [6.07, 6.45) is -0.194. The van der Waals surface area contributed by atoms with Crippen LogP contribution in [-0.2, 0) is 20.0 Å². The third-order valence-corrected chi connectivity index (χ3v) is 7.44. The van der Waals surface area contributed by atoms with Gasteiger partial charge in [-0.3, -0.25) is 19.3 Å². The lowest BCUT2D eigenvalue weighted by Gasteiger charge is -2.53. The Bertz CT molecular complexity index is 1170. The van der Waals surface area contributed by atoms with Crippen molar-refractivity contribution in [3.63, 3.8) is 0 Å². The van der Waals surface area contributed by atoms with E-state index < -0.39 is 75.0 Å². The molecule has 0 spiro atoms. The summed E-state index contributed by atoms with van der Waals surface area (Å²) in [5.41, 5.74) is -0.487. The van der Waals surface area contributed by atoms with E-state index in [9.17, 15) is 39.9 Å². The summed E-state index contributed by atoms with van der Waals surface area (Å²) in [4.78, 5) is 40.5. The van der Waals surface area contributed by atoms with Gasteiger partial charge in [0.25, 0.3) is 5.91 Å². The number of fused-ring (bicyclic) bond motifs is 3. The van der Waals surface area contributed by atoms with E-state index in [1.165, 1.54) is 30.0 Å². The fraction of sp³-hybridized carbons (Fsp3) is 0.435. The van der Waals surface area contributed by atoms with Gasteiger partial charge >= 0.3 is 0 Å². The van der Waals surface area contributed by atoms with Crippen LogP contribution in [0.25, 0.3) is 5.76 Å². The average Bonchev–Trinajstić information content (AvgIpc) is 2.74. The number of aliphatic hydroxyl groups excluding tert-OH is 2. The number of aliphatic hydroxyl groups is 4. The highest BCUT2D eigenvalue weighted by Crippen LogP contribution is 2.57. The van der Waals surface area contributed by atoms with E-state index in [4.69, 9.17) is 5.73 Å². The van der Waals surface area contributed by atoms with Gasteiger partial charge in [-0.2, -0.15) is 0 Å². The molecule has 176 valence electrons. The third-order valence-electron chi connectivity index (χ3n) is 7.44. The number of rotatable bonds is 3. The Labute approximate surface area is 189 Å². The van der Waals surface area contributed by atoms with E-state index in [2.05, 4.69) is 0 Å². The Morgan fingerprint density at radius 3 is 2.42 bits per heavy atom. The van der Waals surface area contributed by atoms with Crippen LogP contribution in [0.15, 0.2) is 35.1 Å². The highest BCUT2D eigenvalue weighted by molar-refractivity contribution is 6.24. The molecule has 0 aliphatic heterocycles. The molecule has 1 aromatic carbocycles. The lowest BCUT2D eigenvalue weighted by molar-refractivity contribution is -0.159. The number of nitrogens with two attached hydrogens (primary N) is 1. The van der Waals surface area contributed by atoms with Crippen LogP contribution >= 0.6 is 0 Å². The second-order valence-electron chi connectivity index (χ2n) is 9.07. The highest BCUT2D eigenvalue weighted by atomic mass is 16.3. The van der Waals surface area contributed by atoms with Crippen LogP contribution in [0.1, 0.15) is 31.4 Å². The smallest absolute Gasteiger partial charge is 0.255 e. The fourth-order valence-corrected chi connectivity index (χ4v) is 5.61. The summed E-state index contributed by atoms with van der Waals surface area (Å²) in [5.74, 6) is -7.85. The molecule has 4 rings (SSSR count). The first kappa shape index (κ1) is 23.0. The fourth-order valence-electron chi connectivity index (χ4n) is 5.61. The topological polar surface area (TPSA) is 182 Å². The molecular formula is C23H26N2O8. The zero-order valence-electron chi connectivity index (χ0n) is 18.4. The quantitative estimate of drug-likeness (QED) is 0.340. The van der Waals surface area contributed by atoms with Gasteiger partial charge < -0.3 is 31.3 Å². The molecule has 0 heterocycles. The molecule has 0 aromatic heterocycles. The Hall–Kier alpha value is -3.21.